The first-order valence-electron chi connectivity index (χ1n) is 7.80. The Balaban J connectivity index is 1.75. The van der Waals surface area contributed by atoms with E-state index in [2.05, 4.69) is 23.6 Å². The highest BCUT2D eigenvalue weighted by Crippen LogP contribution is 2.33. The molecule has 2 aliphatic rings. The lowest BCUT2D eigenvalue weighted by Crippen LogP contribution is -2.39. The van der Waals surface area contributed by atoms with Crippen LogP contribution < -0.4 is 0 Å². The highest BCUT2D eigenvalue weighted by molar-refractivity contribution is 7.99. The molecule has 0 spiro atoms. The second kappa shape index (κ2) is 7.53. The molecule has 110 valence electrons. The molecule has 2 rings (SSSR count). The molecule has 4 heteroatoms. The summed E-state index contributed by atoms with van der Waals surface area (Å²) in [6.45, 7) is 8.66. The van der Waals surface area contributed by atoms with Gasteiger partial charge in [-0.05, 0) is 37.9 Å². The SMILES string of the molecule is CCSCC(C)N1CCCN(C(=O)CC2CC2)CC1. The smallest absolute Gasteiger partial charge is 0.222 e. The van der Waals surface area contributed by atoms with Crippen LogP contribution in [0.5, 0.6) is 0 Å². The number of carbonyl (C=O) groups excluding carboxylic acids is 1. The Morgan fingerprint density at radius 1 is 1.26 bits per heavy atom. The Morgan fingerprint density at radius 2 is 2.05 bits per heavy atom. The number of nitrogens with zero attached hydrogens (tertiary/aromatic N) is 2. The van der Waals surface area contributed by atoms with E-state index in [0.717, 1.165) is 39.0 Å². The van der Waals surface area contributed by atoms with Crippen LogP contribution in [0.1, 0.15) is 39.5 Å². The molecule has 2 fully saturated rings. The van der Waals surface area contributed by atoms with Crippen LogP contribution in [0.4, 0.5) is 0 Å². The van der Waals surface area contributed by atoms with E-state index in [4.69, 9.17) is 0 Å². The molecule has 0 bridgehead atoms. The van der Waals surface area contributed by atoms with Crippen LogP contribution in [0.2, 0.25) is 0 Å². The zero-order valence-electron chi connectivity index (χ0n) is 12.4. The molecule has 1 saturated heterocycles. The summed E-state index contributed by atoms with van der Waals surface area (Å²) < 4.78 is 0. The van der Waals surface area contributed by atoms with Crippen molar-refractivity contribution >= 4 is 17.7 Å². The van der Waals surface area contributed by atoms with Crippen molar-refractivity contribution in [2.75, 3.05) is 37.7 Å². The molecular formula is C15H28N2OS. The fourth-order valence-corrected chi connectivity index (χ4v) is 3.51. The van der Waals surface area contributed by atoms with E-state index in [1.165, 1.54) is 24.3 Å². The minimum Gasteiger partial charge on any atom is -0.341 e. The van der Waals surface area contributed by atoms with Gasteiger partial charge in [-0.25, -0.2) is 0 Å². The lowest BCUT2D eigenvalue weighted by molar-refractivity contribution is -0.131. The fraction of sp³-hybridized carbons (Fsp3) is 0.933. The van der Waals surface area contributed by atoms with E-state index in [0.29, 0.717) is 17.9 Å². The van der Waals surface area contributed by atoms with Crippen molar-refractivity contribution in [3.63, 3.8) is 0 Å². The van der Waals surface area contributed by atoms with Crippen molar-refractivity contribution in [2.45, 2.75) is 45.6 Å². The Hall–Kier alpha value is -0.220. The minimum absolute atomic E-state index is 0.403. The molecule has 1 unspecified atom stereocenters. The maximum absolute atomic E-state index is 12.2. The Morgan fingerprint density at radius 3 is 2.74 bits per heavy atom. The van der Waals surface area contributed by atoms with Crippen molar-refractivity contribution in [1.29, 1.82) is 0 Å². The molecule has 1 saturated carbocycles. The third kappa shape index (κ3) is 4.99. The van der Waals surface area contributed by atoms with Crippen LogP contribution in [0, 0.1) is 5.92 Å². The maximum Gasteiger partial charge on any atom is 0.222 e. The molecule has 0 radical (unpaired) electrons. The van der Waals surface area contributed by atoms with Crippen LogP contribution in [0.3, 0.4) is 0 Å². The summed E-state index contributed by atoms with van der Waals surface area (Å²) in [6.07, 6.45) is 4.49. The van der Waals surface area contributed by atoms with Crippen molar-refractivity contribution in [3.8, 4) is 0 Å². The molecule has 19 heavy (non-hydrogen) atoms. The van der Waals surface area contributed by atoms with Gasteiger partial charge in [-0.1, -0.05) is 6.92 Å². The number of amides is 1. The number of hydrogen-bond donors (Lipinski definition) is 0. The van der Waals surface area contributed by atoms with Gasteiger partial charge in [-0.3, -0.25) is 9.69 Å². The van der Waals surface area contributed by atoms with Crippen molar-refractivity contribution < 1.29 is 4.79 Å². The summed E-state index contributed by atoms with van der Waals surface area (Å²) >= 11 is 2.02. The van der Waals surface area contributed by atoms with Gasteiger partial charge in [-0.15, -0.1) is 0 Å². The first-order chi connectivity index (χ1) is 9.20. The molecule has 0 aromatic heterocycles. The molecule has 3 nitrogen and oxygen atoms in total. The lowest BCUT2D eigenvalue weighted by atomic mass is 10.2. The van der Waals surface area contributed by atoms with Gasteiger partial charge in [0.1, 0.15) is 0 Å². The van der Waals surface area contributed by atoms with E-state index in [1.54, 1.807) is 0 Å². The summed E-state index contributed by atoms with van der Waals surface area (Å²) in [7, 11) is 0. The van der Waals surface area contributed by atoms with Crippen LogP contribution in [-0.4, -0.2) is 59.4 Å². The maximum atomic E-state index is 12.2. The highest BCUT2D eigenvalue weighted by Gasteiger charge is 2.28. The van der Waals surface area contributed by atoms with E-state index < -0.39 is 0 Å². The first-order valence-corrected chi connectivity index (χ1v) is 8.95. The molecule has 1 aliphatic carbocycles. The van der Waals surface area contributed by atoms with Crippen molar-refractivity contribution in [2.24, 2.45) is 5.92 Å². The zero-order chi connectivity index (χ0) is 13.7. The third-order valence-corrected chi connectivity index (χ3v) is 5.36. The van der Waals surface area contributed by atoms with E-state index >= 15 is 0 Å². The topological polar surface area (TPSA) is 23.6 Å². The summed E-state index contributed by atoms with van der Waals surface area (Å²) in [6, 6.07) is 0.642. The number of rotatable bonds is 6. The second-order valence-corrected chi connectivity index (χ2v) is 7.25. The zero-order valence-corrected chi connectivity index (χ0v) is 13.3. The predicted molar refractivity (Wildman–Crippen MR) is 82.6 cm³/mol. The van der Waals surface area contributed by atoms with Crippen LogP contribution in [0.25, 0.3) is 0 Å². The van der Waals surface area contributed by atoms with E-state index in [1.807, 2.05) is 11.8 Å². The van der Waals surface area contributed by atoms with Crippen LogP contribution in [-0.2, 0) is 4.79 Å². The van der Waals surface area contributed by atoms with Gasteiger partial charge >= 0.3 is 0 Å². The van der Waals surface area contributed by atoms with Crippen LogP contribution >= 0.6 is 11.8 Å². The van der Waals surface area contributed by atoms with E-state index in [-0.39, 0.29) is 0 Å². The average molecular weight is 284 g/mol. The number of carbonyl (C=O) groups is 1. The van der Waals surface area contributed by atoms with Gasteiger partial charge in [-0.2, -0.15) is 11.8 Å². The third-order valence-electron chi connectivity index (χ3n) is 4.23. The normalized spacial score (nSPS) is 23.2. The average Bonchev–Trinajstić information content (AvgIpc) is 3.21. The molecule has 0 aromatic rings. The molecule has 1 atom stereocenters. The molecule has 0 aromatic carbocycles. The number of hydrogen-bond acceptors (Lipinski definition) is 3. The van der Waals surface area contributed by atoms with E-state index in [9.17, 15) is 4.79 Å². The summed E-state index contributed by atoms with van der Waals surface area (Å²) in [5, 5.41) is 0. The van der Waals surface area contributed by atoms with Gasteiger partial charge in [0, 0.05) is 44.4 Å². The van der Waals surface area contributed by atoms with Crippen molar-refractivity contribution in [3.05, 3.63) is 0 Å². The standard InChI is InChI=1S/C15H28N2OS/c1-3-19-12-13(2)16-7-4-8-17(10-9-16)15(18)11-14-5-6-14/h13-14H,3-12H2,1-2H3. The summed E-state index contributed by atoms with van der Waals surface area (Å²) in [5.74, 6) is 3.53. The summed E-state index contributed by atoms with van der Waals surface area (Å²) in [4.78, 5) is 16.8. The molecule has 1 amide bonds. The van der Waals surface area contributed by atoms with Gasteiger partial charge in [0.25, 0.3) is 0 Å². The fourth-order valence-electron chi connectivity index (χ4n) is 2.72. The molecule has 0 N–H and O–H groups in total. The quantitative estimate of drug-likeness (QED) is 0.748. The Labute approximate surface area is 122 Å². The Kier molecular flexibility index (Phi) is 6.02. The van der Waals surface area contributed by atoms with Crippen LogP contribution in [0.15, 0.2) is 0 Å². The van der Waals surface area contributed by atoms with Gasteiger partial charge in [0.05, 0.1) is 0 Å². The molecule has 1 aliphatic heterocycles. The number of thioether (sulfide) groups is 1. The minimum atomic E-state index is 0.403. The van der Waals surface area contributed by atoms with Gasteiger partial charge in [0.2, 0.25) is 5.91 Å². The van der Waals surface area contributed by atoms with Gasteiger partial charge in [0.15, 0.2) is 0 Å². The highest BCUT2D eigenvalue weighted by atomic mass is 32.2. The van der Waals surface area contributed by atoms with Gasteiger partial charge < -0.3 is 4.90 Å². The lowest BCUT2D eigenvalue weighted by Gasteiger charge is -2.27. The summed E-state index contributed by atoms with van der Waals surface area (Å²) in [5.41, 5.74) is 0. The Bertz CT molecular complexity index is 294. The molecular weight excluding hydrogens is 256 g/mol. The molecule has 1 heterocycles. The first kappa shape index (κ1) is 15.2. The monoisotopic (exact) mass is 284 g/mol. The van der Waals surface area contributed by atoms with Crippen molar-refractivity contribution in [1.82, 2.24) is 9.80 Å². The predicted octanol–water partition coefficient (Wildman–Crippen LogP) is 2.46. The second-order valence-electron chi connectivity index (χ2n) is 5.93. The largest absolute Gasteiger partial charge is 0.341 e.